The lowest BCUT2D eigenvalue weighted by Crippen LogP contribution is -2.42. The van der Waals surface area contributed by atoms with Crippen molar-refractivity contribution >= 4 is 13.3 Å². The van der Waals surface area contributed by atoms with Crippen molar-refractivity contribution in [3.8, 4) is 0 Å². The highest BCUT2D eigenvalue weighted by atomic mass is 31.1. The first-order chi connectivity index (χ1) is 10.2. The van der Waals surface area contributed by atoms with E-state index in [2.05, 4.69) is 27.7 Å². The monoisotopic (exact) mass is 331 g/mol. The van der Waals surface area contributed by atoms with Gasteiger partial charge in [0.1, 0.15) is 5.92 Å². The van der Waals surface area contributed by atoms with E-state index in [4.69, 9.17) is 9.47 Å². The van der Waals surface area contributed by atoms with Crippen molar-refractivity contribution in [2.45, 2.75) is 65.6 Å². The van der Waals surface area contributed by atoms with Crippen molar-refractivity contribution < 1.29 is 18.8 Å². The minimum Gasteiger partial charge on any atom is -0.380 e. The standard InChI is InChI=1S/C17H32O4P/c1-12(10-17(2,3)4)11-22(19)16(18)15-13(20-5)8-7-9-14(15)21-6/h12-15H,7-11H2,1-6H3/q+1. The molecule has 1 saturated carbocycles. The van der Waals surface area contributed by atoms with Crippen LogP contribution in [-0.4, -0.2) is 38.1 Å². The third-order valence-electron chi connectivity index (χ3n) is 4.35. The van der Waals surface area contributed by atoms with Crippen LogP contribution in [0.2, 0.25) is 0 Å². The Morgan fingerprint density at radius 1 is 1.18 bits per heavy atom. The van der Waals surface area contributed by atoms with Crippen LogP contribution in [0.4, 0.5) is 0 Å². The molecule has 22 heavy (non-hydrogen) atoms. The van der Waals surface area contributed by atoms with Crippen LogP contribution in [0, 0.1) is 17.3 Å². The van der Waals surface area contributed by atoms with Crippen molar-refractivity contribution in [2.75, 3.05) is 20.4 Å². The van der Waals surface area contributed by atoms with Crippen LogP contribution in [0.3, 0.4) is 0 Å². The Labute approximate surface area is 136 Å². The second-order valence-corrected chi connectivity index (χ2v) is 9.34. The summed E-state index contributed by atoms with van der Waals surface area (Å²) in [5.41, 5.74) is 0.0299. The predicted molar refractivity (Wildman–Crippen MR) is 89.7 cm³/mol. The van der Waals surface area contributed by atoms with E-state index in [0.29, 0.717) is 6.16 Å². The van der Waals surface area contributed by atoms with Gasteiger partial charge in [-0.3, -0.25) is 0 Å². The number of methoxy groups -OCH3 is 2. The smallest absolute Gasteiger partial charge is 0.380 e. The summed E-state index contributed by atoms with van der Waals surface area (Å²) in [6.07, 6.45) is 3.77. The summed E-state index contributed by atoms with van der Waals surface area (Å²) in [5.74, 6) is -0.104. The summed E-state index contributed by atoms with van der Waals surface area (Å²) in [4.78, 5) is 12.7. The first kappa shape index (κ1) is 19.7. The molecule has 4 nitrogen and oxygen atoms in total. The van der Waals surface area contributed by atoms with Gasteiger partial charge in [0.05, 0.1) is 12.2 Å². The summed E-state index contributed by atoms with van der Waals surface area (Å²) in [6, 6.07) is 0. The van der Waals surface area contributed by atoms with Crippen LogP contribution in [-0.2, 0) is 18.8 Å². The van der Waals surface area contributed by atoms with E-state index in [-0.39, 0.29) is 35.0 Å². The van der Waals surface area contributed by atoms with Crippen LogP contribution < -0.4 is 0 Å². The maximum Gasteiger partial charge on any atom is 0.415 e. The minimum atomic E-state index is -1.87. The average molecular weight is 331 g/mol. The molecule has 128 valence electrons. The Balaban J connectivity index is 2.72. The maximum atomic E-state index is 12.7. The van der Waals surface area contributed by atoms with Crippen LogP contribution in [0.15, 0.2) is 0 Å². The molecule has 4 unspecified atom stereocenters. The first-order valence-electron chi connectivity index (χ1n) is 8.23. The van der Waals surface area contributed by atoms with E-state index in [1.165, 1.54) is 0 Å². The fourth-order valence-electron chi connectivity index (χ4n) is 3.61. The molecule has 1 aliphatic carbocycles. The van der Waals surface area contributed by atoms with Gasteiger partial charge in [-0.2, -0.15) is 0 Å². The lowest BCUT2D eigenvalue weighted by molar-refractivity contribution is -0.130. The van der Waals surface area contributed by atoms with Crippen LogP contribution in [0.5, 0.6) is 0 Å². The van der Waals surface area contributed by atoms with E-state index in [1.807, 2.05) is 0 Å². The molecule has 0 aromatic rings. The second kappa shape index (κ2) is 8.52. The average Bonchev–Trinajstić information content (AvgIpc) is 2.43. The normalized spacial score (nSPS) is 28.3. The summed E-state index contributed by atoms with van der Waals surface area (Å²) in [7, 11) is 1.38. The van der Waals surface area contributed by atoms with Crippen molar-refractivity contribution in [3.05, 3.63) is 0 Å². The van der Waals surface area contributed by atoms with Gasteiger partial charge in [0.25, 0.3) is 0 Å². The summed E-state index contributed by atoms with van der Waals surface area (Å²) in [6.45, 7) is 8.58. The van der Waals surface area contributed by atoms with Gasteiger partial charge >= 0.3 is 13.3 Å². The van der Waals surface area contributed by atoms with Crippen molar-refractivity contribution in [1.82, 2.24) is 0 Å². The number of hydrogen-bond donors (Lipinski definition) is 0. The molecular formula is C17H32O4P+. The van der Waals surface area contributed by atoms with E-state index in [1.54, 1.807) is 14.2 Å². The molecule has 0 bridgehead atoms. The van der Waals surface area contributed by atoms with Gasteiger partial charge in [-0.25, -0.2) is 4.79 Å². The molecule has 4 atom stereocenters. The SMILES string of the molecule is COC1CCCC(OC)C1C(=O)[P+](=O)CC(C)CC(C)(C)C. The van der Waals surface area contributed by atoms with Gasteiger partial charge < -0.3 is 9.47 Å². The molecule has 0 aromatic heterocycles. The molecule has 0 N–H and O–H groups in total. The maximum absolute atomic E-state index is 12.7. The quantitative estimate of drug-likeness (QED) is 0.655. The Kier molecular flexibility index (Phi) is 7.64. The third-order valence-corrected chi connectivity index (χ3v) is 6.10. The molecule has 1 aliphatic rings. The highest BCUT2D eigenvalue weighted by molar-refractivity contribution is 7.63. The van der Waals surface area contributed by atoms with Gasteiger partial charge in [-0.15, -0.1) is 0 Å². The van der Waals surface area contributed by atoms with Crippen molar-refractivity contribution in [2.24, 2.45) is 17.3 Å². The number of rotatable bonds is 7. The largest absolute Gasteiger partial charge is 0.415 e. The van der Waals surface area contributed by atoms with Gasteiger partial charge in [0.15, 0.2) is 6.16 Å². The number of carbonyl (C=O) groups is 1. The van der Waals surface area contributed by atoms with Gasteiger partial charge in [0.2, 0.25) is 0 Å². The number of carbonyl (C=O) groups excluding carboxylic acids is 1. The van der Waals surface area contributed by atoms with Crippen LogP contribution in [0.25, 0.3) is 0 Å². The molecule has 5 heteroatoms. The topological polar surface area (TPSA) is 52.6 Å². The zero-order chi connectivity index (χ0) is 16.9. The molecule has 0 heterocycles. The van der Waals surface area contributed by atoms with Crippen molar-refractivity contribution in [3.63, 3.8) is 0 Å². The number of ether oxygens (including phenoxy) is 2. The Bertz CT molecular complexity index is 377. The molecule has 0 radical (unpaired) electrons. The molecule has 0 saturated heterocycles. The van der Waals surface area contributed by atoms with Crippen LogP contribution >= 0.6 is 7.80 Å². The third kappa shape index (κ3) is 5.72. The van der Waals surface area contributed by atoms with Crippen LogP contribution in [0.1, 0.15) is 53.4 Å². The first-order valence-corrected chi connectivity index (χ1v) is 9.68. The zero-order valence-electron chi connectivity index (χ0n) is 14.9. The Hall–Kier alpha value is -0.310. The highest BCUT2D eigenvalue weighted by Crippen LogP contribution is 2.39. The van der Waals surface area contributed by atoms with E-state index >= 15 is 0 Å². The van der Waals surface area contributed by atoms with Gasteiger partial charge in [-0.1, -0.05) is 32.3 Å². The van der Waals surface area contributed by atoms with E-state index in [9.17, 15) is 9.36 Å². The van der Waals surface area contributed by atoms with E-state index < -0.39 is 7.80 Å². The molecule has 0 aromatic carbocycles. The Morgan fingerprint density at radius 3 is 2.09 bits per heavy atom. The molecule has 0 aliphatic heterocycles. The summed E-state index contributed by atoms with van der Waals surface area (Å²) in [5, 5.41) is 0. The molecule has 0 amide bonds. The van der Waals surface area contributed by atoms with Gasteiger partial charge in [0, 0.05) is 20.1 Å². The molecular weight excluding hydrogens is 299 g/mol. The molecule has 1 fully saturated rings. The van der Waals surface area contributed by atoms with E-state index in [0.717, 1.165) is 25.7 Å². The lowest BCUT2D eigenvalue weighted by Gasteiger charge is -2.32. The minimum absolute atomic E-state index is 0.158. The fraction of sp³-hybridized carbons (Fsp3) is 0.941. The Morgan fingerprint density at radius 2 is 1.68 bits per heavy atom. The zero-order valence-corrected chi connectivity index (χ0v) is 15.8. The summed E-state index contributed by atoms with van der Waals surface area (Å²) < 4.78 is 23.5. The second-order valence-electron chi connectivity index (χ2n) is 7.77. The highest BCUT2D eigenvalue weighted by Gasteiger charge is 2.48. The van der Waals surface area contributed by atoms with Crippen molar-refractivity contribution in [1.29, 1.82) is 0 Å². The lowest BCUT2D eigenvalue weighted by atomic mass is 9.84. The van der Waals surface area contributed by atoms with Gasteiger partial charge in [-0.05, 0) is 31.1 Å². The number of hydrogen-bond acceptors (Lipinski definition) is 4. The fourth-order valence-corrected chi connectivity index (χ4v) is 5.16. The summed E-state index contributed by atoms with van der Waals surface area (Å²) >= 11 is 0. The molecule has 0 spiro atoms. The predicted octanol–water partition coefficient (Wildman–Crippen LogP) is 4.24. The molecule has 1 rings (SSSR count).